The first-order valence-electron chi connectivity index (χ1n) is 6.27. The van der Waals surface area contributed by atoms with Crippen molar-refractivity contribution < 1.29 is 14.5 Å². The molecule has 0 saturated carbocycles. The fourth-order valence-corrected chi connectivity index (χ4v) is 2.53. The molecule has 0 atom stereocenters. The number of carbonyl (C=O) groups excluding carboxylic acids is 2. The first-order chi connectivity index (χ1) is 9.56. The van der Waals surface area contributed by atoms with Gasteiger partial charge in [0.15, 0.2) is 0 Å². The highest BCUT2D eigenvalue weighted by Gasteiger charge is 2.36. The van der Waals surface area contributed by atoms with Crippen molar-refractivity contribution in [2.75, 3.05) is 11.9 Å². The number of carbonyl (C=O) groups is 2. The van der Waals surface area contributed by atoms with E-state index in [1.807, 2.05) is 0 Å². The second kappa shape index (κ2) is 6.13. The molecule has 106 valence electrons. The number of non-ortho nitro benzene ring substituents is 1. The van der Waals surface area contributed by atoms with Crippen molar-refractivity contribution in [1.82, 2.24) is 4.90 Å². The number of alkyl halides is 1. The number of halogens is 1. The number of rotatable bonds is 6. The number of nitro benzene ring substituents is 1. The Morgan fingerprint density at radius 1 is 1.10 bits per heavy atom. The second-order valence-corrected chi connectivity index (χ2v) is 5.29. The maximum Gasteiger partial charge on any atom is 0.270 e. The van der Waals surface area contributed by atoms with Gasteiger partial charge in [0.2, 0.25) is 0 Å². The number of fused-ring (bicyclic) bond motifs is 1. The number of nitro groups is 1. The number of nitrogens with zero attached hydrogens (tertiary/aromatic N) is 2. The minimum atomic E-state index is -0.573. The molecule has 6 nitrogen and oxygen atoms in total. The van der Waals surface area contributed by atoms with Gasteiger partial charge in [0.05, 0.1) is 16.1 Å². The Labute approximate surface area is 124 Å². The molecule has 1 aliphatic heterocycles. The summed E-state index contributed by atoms with van der Waals surface area (Å²) in [6, 6.07) is 3.78. The van der Waals surface area contributed by atoms with Gasteiger partial charge in [0.1, 0.15) is 0 Å². The molecular weight excluding hydrogens is 328 g/mol. The third-order valence-electron chi connectivity index (χ3n) is 3.18. The molecule has 2 amide bonds. The Hall–Kier alpha value is -1.76. The van der Waals surface area contributed by atoms with Crippen LogP contribution in [0.1, 0.15) is 40.0 Å². The maximum atomic E-state index is 12.1. The van der Waals surface area contributed by atoms with Crippen LogP contribution in [0, 0.1) is 10.1 Å². The van der Waals surface area contributed by atoms with Crippen LogP contribution in [0.25, 0.3) is 0 Å². The molecular formula is C13H13BrN2O4. The fraction of sp³-hybridized carbons (Fsp3) is 0.385. The average Bonchev–Trinajstić information content (AvgIpc) is 2.67. The molecule has 2 rings (SSSR count). The highest BCUT2D eigenvalue weighted by atomic mass is 79.9. The van der Waals surface area contributed by atoms with E-state index in [2.05, 4.69) is 15.9 Å². The van der Waals surface area contributed by atoms with Gasteiger partial charge >= 0.3 is 0 Å². The van der Waals surface area contributed by atoms with Crippen molar-refractivity contribution in [2.45, 2.75) is 19.3 Å². The molecule has 0 aliphatic carbocycles. The van der Waals surface area contributed by atoms with Gasteiger partial charge in [0, 0.05) is 24.0 Å². The predicted molar refractivity (Wildman–Crippen MR) is 76.1 cm³/mol. The SMILES string of the molecule is O=C1c2ccc([N+](=O)[O-])cc2C(=O)N1CCCCCBr. The summed E-state index contributed by atoms with van der Waals surface area (Å²) in [5.41, 5.74) is 0.205. The summed E-state index contributed by atoms with van der Waals surface area (Å²) in [6.07, 6.45) is 2.63. The van der Waals surface area contributed by atoms with E-state index in [4.69, 9.17) is 0 Å². The zero-order valence-electron chi connectivity index (χ0n) is 10.7. The molecule has 7 heteroatoms. The number of hydrogen-bond acceptors (Lipinski definition) is 4. The highest BCUT2D eigenvalue weighted by Crippen LogP contribution is 2.27. The van der Waals surface area contributed by atoms with Crippen LogP contribution in [0.15, 0.2) is 18.2 Å². The molecule has 0 radical (unpaired) electrons. The largest absolute Gasteiger partial charge is 0.274 e. The minimum Gasteiger partial charge on any atom is -0.274 e. The van der Waals surface area contributed by atoms with Gasteiger partial charge in [-0.25, -0.2) is 0 Å². The van der Waals surface area contributed by atoms with Crippen LogP contribution in [0.4, 0.5) is 5.69 Å². The van der Waals surface area contributed by atoms with Gasteiger partial charge in [-0.3, -0.25) is 24.6 Å². The molecule has 1 heterocycles. The summed E-state index contributed by atoms with van der Waals surface area (Å²) in [5.74, 6) is -0.800. The third-order valence-corrected chi connectivity index (χ3v) is 3.74. The number of unbranched alkanes of at least 4 members (excludes halogenated alkanes) is 2. The van der Waals surface area contributed by atoms with Gasteiger partial charge in [0.25, 0.3) is 17.5 Å². The summed E-state index contributed by atoms with van der Waals surface area (Å²) in [4.78, 5) is 35.5. The van der Waals surface area contributed by atoms with Crippen molar-refractivity contribution in [2.24, 2.45) is 0 Å². The molecule has 20 heavy (non-hydrogen) atoms. The zero-order chi connectivity index (χ0) is 14.7. The third kappa shape index (κ3) is 2.72. The average molecular weight is 341 g/mol. The van der Waals surface area contributed by atoms with E-state index in [9.17, 15) is 19.7 Å². The molecule has 0 unspecified atom stereocenters. The number of amides is 2. The van der Waals surface area contributed by atoms with Crippen LogP contribution < -0.4 is 0 Å². The van der Waals surface area contributed by atoms with E-state index in [1.165, 1.54) is 23.1 Å². The first kappa shape index (κ1) is 14.6. The van der Waals surface area contributed by atoms with Gasteiger partial charge < -0.3 is 0 Å². The van der Waals surface area contributed by atoms with E-state index in [0.717, 1.165) is 24.6 Å². The Morgan fingerprint density at radius 2 is 1.80 bits per heavy atom. The predicted octanol–water partition coefficient (Wildman–Crippen LogP) is 2.76. The van der Waals surface area contributed by atoms with Crippen molar-refractivity contribution >= 4 is 33.4 Å². The van der Waals surface area contributed by atoms with Crippen molar-refractivity contribution in [3.8, 4) is 0 Å². The first-order valence-corrected chi connectivity index (χ1v) is 7.39. The lowest BCUT2D eigenvalue weighted by atomic mass is 10.1. The Balaban J connectivity index is 2.15. The van der Waals surface area contributed by atoms with Crippen LogP contribution in [0.5, 0.6) is 0 Å². The van der Waals surface area contributed by atoms with Crippen LogP contribution >= 0.6 is 15.9 Å². The quantitative estimate of drug-likeness (QED) is 0.262. The molecule has 0 spiro atoms. The Bertz CT molecular complexity index is 573. The van der Waals surface area contributed by atoms with Crippen molar-refractivity contribution in [1.29, 1.82) is 0 Å². The van der Waals surface area contributed by atoms with Crippen molar-refractivity contribution in [3.63, 3.8) is 0 Å². The summed E-state index contributed by atoms with van der Waals surface area (Å²) in [7, 11) is 0. The van der Waals surface area contributed by atoms with Gasteiger partial charge in [-0.15, -0.1) is 0 Å². The summed E-state index contributed by atoms with van der Waals surface area (Å²) < 4.78 is 0. The summed E-state index contributed by atoms with van der Waals surface area (Å²) in [5, 5.41) is 11.6. The smallest absolute Gasteiger partial charge is 0.270 e. The minimum absolute atomic E-state index is 0.129. The normalized spacial score (nSPS) is 13.8. The monoisotopic (exact) mass is 340 g/mol. The second-order valence-electron chi connectivity index (χ2n) is 4.50. The fourth-order valence-electron chi connectivity index (χ4n) is 2.14. The van der Waals surface area contributed by atoms with Gasteiger partial charge in [-0.2, -0.15) is 0 Å². The summed E-state index contributed by atoms with van der Waals surface area (Å²) >= 11 is 3.32. The lowest BCUT2D eigenvalue weighted by Gasteiger charge is -2.12. The van der Waals surface area contributed by atoms with Gasteiger partial charge in [-0.1, -0.05) is 22.4 Å². The topological polar surface area (TPSA) is 80.5 Å². The van der Waals surface area contributed by atoms with Crippen LogP contribution in [0.3, 0.4) is 0 Å². The van der Waals surface area contributed by atoms with E-state index in [-0.39, 0.29) is 22.7 Å². The van der Waals surface area contributed by atoms with Crippen molar-refractivity contribution in [3.05, 3.63) is 39.4 Å². The molecule has 1 aromatic rings. The molecule has 1 aromatic carbocycles. The molecule has 1 aliphatic rings. The van der Waals surface area contributed by atoms with E-state index >= 15 is 0 Å². The lowest BCUT2D eigenvalue weighted by molar-refractivity contribution is -0.384. The lowest BCUT2D eigenvalue weighted by Crippen LogP contribution is -2.30. The molecule has 0 saturated heterocycles. The number of hydrogen-bond donors (Lipinski definition) is 0. The molecule has 0 N–H and O–H groups in total. The van der Waals surface area contributed by atoms with Crippen LogP contribution in [-0.4, -0.2) is 33.5 Å². The standard InChI is InChI=1S/C13H13BrN2O4/c14-6-2-1-3-7-15-12(17)10-5-4-9(16(19)20)8-11(10)13(15)18/h4-5,8H,1-3,6-7H2. The Morgan fingerprint density at radius 3 is 2.45 bits per heavy atom. The molecule has 0 aromatic heterocycles. The van der Waals surface area contributed by atoms with E-state index in [1.54, 1.807) is 0 Å². The highest BCUT2D eigenvalue weighted by molar-refractivity contribution is 9.09. The number of imide groups is 1. The van der Waals surface area contributed by atoms with Gasteiger partial charge in [-0.05, 0) is 18.9 Å². The number of benzene rings is 1. The maximum absolute atomic E-state index is 12.1. The van der Waals surface area contributed by atoms with Crippen LogP contribution in [0.2, 0.25) is 0 Å². The molecule has 0 fully saturated rings. The Kier molecular flexibility index (Phi) is 4.49. The molecule has 0 bridgehead atoms. The van der Waals surface area contributed by atoms with Crippen LogP contribution in [-0.2, 0) is 0 Å². The van der Waals surface area contributed by atoms with E-state index in [0.29, 0.717) is 6.54 Å². The van der Waals surface area contributed by atoms with E-state index < -0.39 is 10.8 Å². The zero-order valence-corrected chi connectivity index (χ0v) is 12.3. The summed E-state index contributed by atoms with van der Waals surface area (Å²) in [6.45, 7) is 0.354.